The largest absolute Gasteiger partial charge is 0.348 e. The van der Waals surface area contributed by atoms with Crippen molar-refractivity contribution in [2.24, 2.45) is 5.92 Å². The van der Waals surface area contributed by atoms with E-state index in [1.54, 1.807) is 41.8 Å². The van der Waals surface area contributed by atoms with Crippen molar-refractivity contribution < 1.29 is 18.0 Å². The monoisotopic (exact) mass is 445 g/mol. The second-order valence-electron chi connectivity index (χ2n) is 8.41. The van der Waals surface area contributed by atoms with Crippen LogP contribution in [0.1, 0.15) is 35.9 Å². The molecule has 0 saturated carbocycles. The first-order chi connectivity index (χ1) is 14.7. The van der Waals surface area contributed by atoms with Crippen LogP contribution in [0.2, 0.25) is 0 Å². The van der Waals surface area contributed by atoms with Gasteiger partial charge in [-0.05, 0) is 30.9 Å². The van der Waals surface area contributed by atoms with E-state index in [4.69, 9.17) is 0 Å². The zero-order chi connectivity index (χ0) is 22.3. The summed E-state index contributed by atoms with van der Waals surface area (Å²) in [7, 11) is -0.787. The summed E-state index contributed by atoms with van der Waals surface area (Å²) in [5.74, 6) is 0.0379. The highest BCUT2D eigenvalue weighted by atomic mass is 32.2. The zero-order valence-electron chi connectivity index (χ0n) is 18.0. The molecule has 2 aliphatic rings. The molecule has 2 amide bonds. The number of amides is 2. The van der Waals surface area contributed by atoms with Crippen molar-refractivity contribution in [1.82, 2.24) is 23.7 Å². The molecule has 10 heteroatoms. The van der Waals surface area contributed by atoms with Gasteiger partial charge in [0.2, 0.25) is 15.9 Å². The minimum absolute atomic E-state index is 0.0866. The number of hydrogen-bond acceptors (Lipinski definition) is 5. The van der Waals surface area contributed by atoms with Gasteiger partial charge in [-0.1, -0.05) is 19.1 Å². The topological polar surface area (TPSA) is 95.8 Å². The van der Waals surface area contributed by atoms with E-state index >= 15 is 0 Å². The lowest BCUT2D eigenvalue weighted by Gasteiger charge is -2.30. The molecule has 0 atom stereocenters. The van der Waals surface area contributed by atoms with Gasteiger partial charge in [-0.25, -0.2) is 13.4 Å². The minimum Gasteiger partial charge on any atom is -0.348 e. The second-order valence-corrected chi connectivity index (χ2v) is 10.3. The number of rotatable bonds is 3. The quantitative estimate of drug-likeness (QED) is 0.710. The van der Waals surface area contributed by atoms with Crippen LogP contribution < -0.4 is 0 Å². The number of sulfonamides is 1. The highest BCUT2D eigenvalue weighted by Gasteiger charge is 2.37. The Labute approximate surface area is 182 Å². The number of carbonyl (C=O) groups excluding carboxylic acids is 2. The van der Waals surface area contributed by atoms with E-state index in [2.05, 4.69) is 11.9 Å². The Bertz CT molecular complexity index is 1120. The summed E-state index contributed by atoms with van der Waals surface area (Å²) in [6, 6.07) is 6.59. The van der Waals surface area contributed by atoms with Gasteiger partial charge in [0.1, 0.15) is 11.2 Å². The molecular weight excluding hydrogens is 418 g/mol. The Morgan fingerprint density at radius 2 is 1.84 bits per heavy atom. The molecule has 166 valence electrons. The number of likely N-dealkylation sites (N-methyl/N-ethyl adjacent to an activating group) is 1. The molecule has 1 fully saturated rings. The summed E-state index contributed by atoms with van der Waals surface area (Å²) in [4.78, 5) is 33.3. The standard InChI is InChI=1S/C21H27N5O4S/c1-15-8-10-24(11-9-15)21(28)20-17-12-25(13-19(27)23(2)3)31(29,30)18-7-5-4-6-16(18)26(17)14-22-20/h4-7,14-15H,8-13H2,1-3H3. The maximum absolute atomic E-state index is 13.4. The Hall–Kier alpha value is -2.72. The van der Waals surface area contributed by atoms with Crippen LogP contribution >= 0.6 is 0 Å². The van der Waals surface area contributed by atoms with Crippen molar-refractivity contribution in [3.8, 4) is 5.69 Å². The lowest BCUT2D eigenvalue weighted by atomic mass is 9.99. The number of para-hydroxylation sites is 1. The van der Waals surface area contributed by atoms with Gasteiger partial charge in [0.25, 0.3) is 5.91 Å². The molecule has 1 aromatic carbocycles. The number of likely N-dealkylation sites (tertiary alicyclic amines) is 1. The molecule has 1 aromatic heterocycles. The molecular formula is C21H27N5O4S. The maximum Gasteiger partial charge on any atom is 0.274 e. The van der Waals surface area contributed by atoms with Crippen LogP contribution in [0.25, 0.3) is 5.69 Å². The predicted octanol–water partition coefficient (Wildman–Crippen LogP) is 1.34. The van der Waals surface area contributed by atoms with Crippen molar-refractivity contribution in [3.05, 3.63) is 42.0 Å². The van der Waals surface area contributed by atoms with Gasteiger partial charge in [0.05, 0.1) is 24.5 Å². The average Bonchev–Trinajstić information content (AvgIpc) is 3.13. The number of imidazole rings is 1. The van der Waals surface area contributed by atoms with Crippen LogP contribution in [0.3, 0.4) is 0 Å². The Morgan fingerprint density at radius 3 is 2.52 bits per heavy atom. The van der Waals surface area contributed by atoms with Crippen LogP contribution in [0.4, 0.5) is 0 Å². The number of hydrogen-bond donors (Lipinski definition) is 0. The van der Waals surface area contributed by atoms with Crippen LogP contribution in [-0.4, -0.2) is 77.6 Å². The summed E-state index contributed by atoms with van der Waals surface area (Å²) >= 11 is 0. The molecule has 1 saturated heterocycles. The number of carbonyl (C=O) groups is 2. The van der Waals surface area contributed by atoms with Crippen LogP contribution in [0.15, 0.2) is 35.5 Å². The van der Waals surface area contributed by atoms with Gasteiger partial charge in [-0.15, -0.1) is 0 Å². The Morgan fingerprint density at radius 1 is 1.16 bits per heavy atom. The SMILES string of the molecule is CC1CCN(C(=O)c2ncn3c2CN(CC(=O)N(C)C)S(=O)(=O)c2ccccc2-3)CC1. The van der Waals surface area contributed by atoms with E-state index in [1.165, 1.54) is 17.3 Å². The number of aromatic nitrogens is 2. The predicted molar refractivity (Wildman–Crippen MR) is 114 cm³/mol. The molecule has 0 spiro atoms. The Kier molecular flexibility index (Phi) is 5.61. The van der Waals surface area contributed by atoms with Gasteiger partial charge in [-0.3, -0.25) is 14.2 Å². The van der Waals surface area contributed by atoms with Gasteiger partial charge in [-0.2, -0.15) is 4.31 Å². The van der Waals surface area contributed by atoms with Crippen LogP contribution in [0.5, 0.6) is 0 Å². The van der Waals surface area contributed by atoms with Crippen molar-refractivity contribution in [2.45, 2.75) is 31.2 Å². The molecule has 3 heterocycles. The van der Waals surface area contributed by atoms with E-state index < -0.39 is 10.0 Å². The molecule has 31 heavy (non-hydrogen) atoms. The van der Waals surface area contributed by atoms with Crippen LogP contribution in [-0.2, 0) is 21.4 Å². The second kappa shape index (κ2) is 8.08. The third kappa shape index (κ3) is 3.85. The molecule has 0 aliphatic carbocycles. The van der Waals surface area contributed by atoms with Crippen molar-refractivity contribution >= 4 is 21.8 Å². The molecule has 2 aliphatic heterocycles. The molecule has 0 bridgehead atoms. The van der Waals surface area contributed by atoms with E-state index in [0.717, 1.165) is 17.1 Å². The molecule has 0 radical (unpaired) electrons. The molecule has 0 unspecified atom stereocenters. The van der Waals surface area contributed by atoms with E-state index in [-0.39, 0.29) is 35.5 Å². The zero-order valence-corrected chi connectivity index (χ0v) is 18.8. The van der Waals surface area contributed by atoms with Gasteiger partial charge >= 0.3 is 0 Å². The first-order valence-electron chi connectivity index (χ1n) is 10.4. The number of piperidine rings is 1. The van der Waals surface area contributed by atoms with Gasteiger partial charge < -0.3 is 9.80 Å². The fourth-order valence-electron chi connectivity index (χ4n) is 3.97. The first-order valence-corrected chi connectivity index (χ1v) is 11.8. The minimum atomic E-state index is -3.95. The molecule has 9 nitrogen and oxygen atoms in total. The average molecular weight is 446 g/mol. The fraction of sp³-hybridized carbons (Fsp3) is 0.476. The van der Waals surface area contributed by atoms with E-state index in [9.17, 15) is 18.0 Å². The third-order valence-corrected chi connectivity index (χ3v) is 7.86. The first kappa shape index (κ1) is 21.5. The van der Waals surface area contributed by atoms with E-state index in [1.807, 2.05) is 0 Å². The summed E-state index contributed by atoms with van der Waals surface area (Å²) in [5, 5.41) is 0. The van der Waals surface area contributed by atoms with Crippen LogP contribution in [0, 0.1) is 5.92 Å². The number of benzene rings is 1. The maximum atomic E-state index is 13.4. The summed E-state index contributed by atoms with van der Waals surface area (Å²) in [6.45, 7) is 3.06. The number of fused-ring (bicyclic) bond motifs is 3. The van der Waals surface area contributed by atoms with E-state index in [0.29, 0.717) is 30.4 Å². The summed E-state index contributed by atoms with van der Waals surface area (Å²) < 4.78 is 29.6. The highest BCUT2D eigenvalue weighted by Crippen LogP contribution is 2.32. The lowest BCUT2D eigenvalue weighted by molar-refractivity contribution is -0.128. The van der Waals surface area contributed by atoms with Crippen molar-refractivity contribution in [1.29, 1.82) is 0 Å². The van der Waals surface area contributed by atoms with Gasteiger partial charge in [0, 0.05) is 27.2 Å². The Balaban J connectivity index is 1.79. The van der Waals surface area contributed by atoms with Gasteiger partial charge in [0.15, 0.2) is 5.69 Å². The molecule has 4 rings (SSSR count). The lowest BCUT2D eigenvalue weighted by Crippen LogP contribution is -2.41. The van der Waals surface area contributed by atoms with Crippen molar-refractivity contribution in [2.75, 3.05) is 33.7 Å². The number of nitrogens with zero attached hydrogens (tertiary/aromatic N) is 5. The molecule has 0 N–H and O–H groups in total. The highest BCUT2D eigenvalue weighted by molar-refractivity contribution is 7.89. The third-order valence-electron chi connectivity index (χ3n) is 6.02. The summed E-state index contributed by atoms with van der Waals surface area (Å²) in [5.41, 5.74) is 1.14. The summed E-state index contributed by atoms with van der Waals surface area (Å²) in [6.07, 6.45) is 3.37. The van der Waals surface area contributed by atoms with Crippen molar-refractivity contribution in [3.63, 3.8) is 0 Å². The smallest absolute Gasteiger partial charge is 0.274 e. The normalized spacial score (nSPS) is 18.7. The fourth-order valence-corrected chi connectivity index (χ4v) is 5.50. The molecule has 2 aromatic rings.